The van der Waals surface area contributed by atoms with Gasteiger partial charge in [-0.25, -0.2) is 24.0 Å². The summed E-state index contributed by atoms with van der Waals surface area (Å²) in [6.45, 7) is 22.3. The number of rotatable bonds is 13. The lowest BCUT2D eigenvalue weighted by Crippen LogP contribution is -2.45. The molecule has 0 radical (unpaired) electrons. The highest BCUT2D eigenvalue weighted by molar-refractivity contribution is 7.86. The molecule has 4 heterocycles. The number of halogens is 1. The average Bonchev–Trinajstić information content (AvgIpc) is 4.27. The normalized spacial score (nSPS) is 20.7. The number of likely N-dealkylation sites (tertiary alicyclic amines) is 3. The number of carbonyl (C=O) groups is 7. The van der Waals surface area contributed by atoms with Crippen LogP contribution in [0, 0.1) is 13.8 Å². The van der Waals surface area contributed by atoms with Gasteiger partial charge in [-0.3, -0.25) is 23.6 Å². The molecular formula is C56H79ClN6O18S. The van der Waals surface area contributed by atoms with E-state index in [4.69, 9.17) is 45.5 Å². The van der Waals surface area contributed by atoms with Crippen molar-refractivity contribution in [2.24, 2.45) is 0 Å². The lowest BCUT2D eigenvalue weighted by Gasteiger charge is -2.28. The molecule has 5 N–H and O–H groups in total. The molecule has 4 saturated heterocycles. The summed E-state index contributed by atoms with van der Waals surface area (Å²) in [7, 11) is -3.53. The smallest absolute Gasteiger partial charge is 0.411 e. The Bertz CT molecular complexity index is 2770. The van der Waals surface area contributed by atoms with Gasteiger partial charge in [-0.2, -0.15) is 8.42 Å². The summed E-state index contributed by atoms with van der Waals surface area (Å²) in [5.41, 5.74) is 2.54. The molecule has 0 aliphatic carbocycles. The molecule has 0 spiro atoms. The first kappa shape index (κ1) is 67.9. The van der Waals surface area contributed by atoms with Crippen molar-refractivity contribution in [3.05, 3.63) is 82.9 Å². The van der Waals surface area contributed by atoms with Crippen LogP contribution in [-0.4, -0.2) is 187 Å². The first-order valence-corrected chi connectivity index (χ1v) is 28.6. The van der Waals surface area contributed by atoms with Gasteiger partial charge in [-0.05, 0) is 136 Å². The van der Waals surface area contributed by atoms with Gasteiger partial charge in [0.1, 0.15) is 35.9 Å². The third-order valence-electron chi connectivity index (χ3n) is 12.4. The van der Waals surface area contributed by atoms with Gasteiger partial charge in [-0.15, -0.1) is 0 Å². The van der Waals surface area contributed by atoms with E-state index in [2.05, 4.69) is 14.8 Å². The monoisotopic (exact) mass is 1190 g/mol. The number of hydrogen-bond donors (Lipinski definition) is 5. The van der Waals surface area contributed by atoms with Crippen molar-refractivity contribution in [2.75, 3.05) is 74.7 Å². The number of aryl methyl sites for hydroxylation is 2. The van der Waals surface area contributed by atoms with E-state index in [0.29, 0.717) is 62.1 Å². The maximum absolute atomic E-state index is 13.2. The van der Waals surface area contributed by atoms with Crippen LogP contribution in [-0.2, 0) is 57.2 Å². The fraction of sp³-hybridized carbons (Fsp3) is 0.554. The molecule has 6 atom stereocenters. The maximum Gasteiger partial charge on any atom is 0.411 e. The third-order valence-corrected chi connectivity index (χ3v) is 14.1. The van der Waals surface area contributed by atoms with Gasteiger partial charge < -0.3 is 59.4 Å². The molecule has 4 fully saturated rings. The number of amides is 6. The van der Waals surface area contributed by atoms with Gasteiger partial charge >= 0.3 is 30.2 Å². The van der Waals surface area contributed by atoms with Crippen LogP contribution in [0.2, 0.25) is 5.02 Å². The summed E-state index contributed by atoms with van der Waals surface area (Å²) in [6, 6.07) is 15.8. The van der Waals surface area contributed by atoms with Crippen molar-refractivity contribution in [3.8, 4) is 0 Å². The number of aliphatic hydroxyl groups is 1. The van der Waals surface area contributed by atoms with Crippen LogP contribution >= 0.6 is 11.6 Å². The second-order valence-electron chi connectivity index (χ2n) is 21.4. The van der Waals surface area contributed by atoms with E-state index in [1.165, 1.54) is 9.80 Å². The zero-order valence-corrected chi connectivity index (χ0v) is 49.9. The van der Waals surface area contributed by atoms with E-state index in [1.54, 1.807) is 108 Å². The Morgan fingerprint density at radius 1 is 0.683 bits per heavy atom. The van der Waals surface area contributed by atoms with Gasteiger partial charge in [0, 0.05) is 67.7 Å². The molecule has 24 nitrogen and oxygen atoms in total. The Morgan fingerprint density at radius 3 is 1.70 bits per heavy atom. The number of urea groups is 1. The molecule has 26 heteroatoms. The summed E-state index contributed by atoms with van der Waals surface area (Å²) in [5.74, 6) is -2.54. The van der Waals surface area contributed by atoms with Gasteiger partial charge in [0.05, 0.1) is 49.5 Å². The number of carboxylic acids is 2. The minimum absolute atomic E-state index is 0.00583. The number of morpholine rings is 1. The van der Waals surface area contributed by atoms with Crippen molar-refractivity contribution in [2.45, 2.75) is 148 Å². The zero-order chi connectivity index (χ0) is 61.3. The number of nitrogens with one attached hydrogen (secondary N) is 2. The number of carboxylic acid groups (broad SMARTS) is 2. The molecule has 0 unspecified atom stereocenters. The summed E-state index contributed by atoms with van der Waals surface area (Å²) >= 11 is 5.93. The Kier molecular flexibility index (Phi) is 25.4. The number of carbonyl (C=O) groups excluding carboxylic acids is 5. The zero-order valence-electron chi connectivity index (χ0n) is 48.3. The molecule has 7 rings (SSSR count). The number of ether oxygens (including phenoxy) is 5. The number of β-amino-alcohol motifs (C(OH)–C–C–N with tert-alkyl or cyclic N) is 1. The SMILES string of the molecule is CC(C)(C)OC(=O)N1C[C@H](O)C[C@@H]1C(=O)O.CCOS(=O)(=O)c1ccc(C)cc1.CCO[C@@H]1C[C@H](C(=O)Nc2ccc(N3CCOCC3=O)c(C)c2)N(C(=O)Nc2ccc(Cl)cc2)C1.CCO[C@@H]1C[C@H](C(=O)O)N(C(=O)OC(C)(C)C)C1. The molecule has 0 bridgehead atoms. The first-order valence-electron chi connectivity index (χ1n) is 26.8. The van der Waals surface area contributed by atoms with E-state index in [0.717, 1.165) is 21.7 Å². The molecule has 3 aromatic carbocycles. The molecule has 4 aliphatic rings. The molecule has 4 aliphatic heterocycles. The van der Waals surface area contributed by atoms with E-state index in [9.17, 15) is 47.1 Å². The quantitative estimate of drug-likeness (QED) is 0.105. The number of hydrogen-bond acceptors (Lipinski definition) is 16. The second-order valence-corrected chi connectivity index (χ2v) is 23.4. The predicted molar refractivity (Wildman–Crippen MR) is 303 cm³/mol. The van der Waals surface area contributed by atoms with Crippen LogP contribution in [0.5, 0.6) is 0 Å². The predicted octanol–water partition coefficient (Wildman–Crippen LogP) is 7.31. The standard InChI is InChI=1S/C25H29ClN4O5.C12H21NO5.C10H17NO5.C9H12O3S/c1-3-35-20-13-22(30(14-20)25(33)28-18-6-4-17(26)5-7-18)24(32)27-19-8-9-21(16(2)12-19)29-10-11-34-15-23(29)31;1-5-17-8-6-9(10(14)15)13(7-8)11(16)18-12(2,3)4;1-10(2,3)16-9(15)11-5-6(12)4-7(11)8(13)14;1-3-12-13(10,11)9-6-4-8(2)5-7-9/h4-9,12,20,22H,3,10-11,13-15H2,1-2H3,(H,27,32)(H,28,33);8-9H,5-7H2,1-4H3,(H,14,15);6-7,12H,4-5H2,1-3H3,(H,13,14);4-7H,3H2,1-2H3/t20-,22-;8-,9-;6-,7-;/m111./s1. The Hall–Kier alpha value is -6.61. The van der Waals surface area contributed by atoms with E-state index in [1.807, 2.05) is 39.8 Å². The van der Waals surface area contributed by atoms with Crippen LogP contribution in [0.4, 0.5) is 31.4 Å². The van der Waals surface area contributed by atoms with Gasteiger partial charge in [0.25, 0.3) is 16.0 Å². The minimum Gasteiger partial charge on any atom is -0.480 e. The lowest BCUT2D eigenvalue weighted by molar-refractivity contribution is -0.142. The topological polar surface area (TPSA) is 307 Å². The maximum atomic E-state index is 13.2. The number of aliphatic carboxylic acids is 2. The molecule has 454 valence electrons. The summed E-state index contributed by atoms with van der Waals surface area (Å²) in [4.78, 5) is 89.7. The number of benzene rings is 3. The number of nitrogens with zero attached hydrogens (tertiary/aromatic N) is 4. The fourth-order valence-corrected chi connectivity index (χ4v) is 9.84. The van der Waals surface area contributed by atoms with Crippen LogP contribution < -0.4 is 15.5 Å². The van der Waals surface area contributed by atoms with E-state index in [-0.39, 0.29) is 67.7 Å². The van der Waals surface area contributed by atoms with Crippen molar-refractivity contribution in [1.82, 2.24) is 14.7 Å². The Morgan fingerprint density at radius 2 is 1.20 bits per heavy atom. The molecule has 6 amide bonds. The Balaban J connectivity index is 0.000000259. The molecule has 82 heavy (non-hydrogen) atoms. The van der Waals surface area contributed by atoms with Crippen LogP contribution in [0.3, 0.4) is 0 Å². The van der Waals surface area contributed by atoms with Crippen molar-refractivity contribution < 1.29 is 85.2 Å². The van der Waals surface area contributed by atoms with Crippen molar-refractivity contribution in [1.29, 1.82) is 0 Å². The van der Waals surface area contributed by atoms with Gasteiger partial charge in [-0.1, -0.05) is 29.3 Å². The highest BCUT2D eigenvalue weighted by atomic mass is 35.5. The van der Waals surface area contributed by atoms with Crippen LogP contribution in [0.25, 0.3) is 0 Å². The highest BCUT2D eigenvalue weighted by Crippen LogP contribution is 2.29. The first-order chi connectivity index (χ1) is 38.4. The third kappa shape index (κ3) is 21.0. The Labute approximate surface area is 484 Å². The molecule has 0 saturated carbocycles. The summed E-state index contributed by atoms with van der Waals surface area (Å²) < 4.78 is 53.8. The highest BCUT2D eigenvalue weighted by Gasteiger charge is 2.43. The largest absolute Gasteiger partial charge is 0.480 e. The molecule has 3 aromatic rings. The van der Waals surface area contributed by atoms with Crippen molar-refractivity contribution >= 4 is 80.8 Å². The second kappa shape index (κ2) is 30.6. The summed E-state index contributed by atoms with van der Waals surface area (Å²) in [5, 5.41) is 33.7. The number of anilines is 3. The van der Waals surface area contributed by atoms with Crippen LogP contribution in [0.15, 0.2) is 71.6 Å². The van der Waals surface area contributed by atoms with Crippen molar-refractivity contribution in [3.63, 3.8) is 0 Å². The van der Waals surface area contributed by atoms with Gasteiger partial charge in [0.2, 0.25) is 5.91 Å². The number of aliphatic hydroxyl groups excluding tert-OH is 1. The fourth-order valence-electron chi connectivity index (χ4n) is 8.80. The molecule has 0 aromatic heterocycles. The van der Waals surface area contributed by atoms with E-state index >= 15 is 0 Å². The average molecular weight is 1190 g/mol. The van der Waals surface area contributed by atoms with E-state index < -0.39 is 69.7 Å². The minimum atomic E-state index is -3.53. The van der Waals surface area contributed by atoms with Gasteiger partial charge in [0.15, 0.2) is 0 Å². The molecular weight excluding hydrogens is 1110 g/mol. The van der Waals surface area contributed by atoms with Crippen LogP contribution in [0.1, 0.15) is 92.7 Å². The lowest BCUT2D eigenvalue weighted by atomic mass is 10.1. The summed E-state index contributed by atoms with van der Waals surface area (Å²) in [6.07, 6.45) is -1.81.